The molecule has 28 heavy (non-hydrogen) atoms. The van der Waals surface area contributed by atoms with E-state index in [1.165, 1.54) is 42.1 Å². The molecule has 0 amide bonds. The molecule has 1 N–H and O–H groups in total. The molecule has 0 unspecified atom stereocenters. The molecule has 4 heterocycles. The number of benzene rings is 1. The van der Waals surface area contributed by atoms with Gasteiger partial charge >= 0.3 is 0 Å². The smallest absolute Gasteiger partial charge is 0.227 e. The van der Waals surface area contributed by atoms with E-state index in [4.69, 9.17) is 4.74 Å². The minimum atomic E-state index is 0.499. The Morgan fingerprint density at radius 2 is 1.86 bits per heavy atom. The quantitative estimate of drug-likeness (QED) is 0.750. The van der Waals surface area contributed by atoms with Crippen LogP contribution in [0.3, 0.4) is 0 Å². The first kappa shape index (κ1) is 17.7. The molecule has 2 fully saturated rings. The molecule has 0 bridgehead atoms. The summed E-state index contributed by atoms with van der Waals surface area (Å²) in [6.07, 6.45) is 7.82. The van der Waals surface area contributed by atoms with Crippen molar-refractivity contribution in [3.05, 3.63) is 41.9 Å². The van der Waals surface area contributed by atoms with Gasteiger partial charge in [0.05, 0.1) is 0 Å². The molecule has 0 saturated carbocycles. The maximum Gasteiger partial charge on any atom is 0.227 e. The number of nitrogens with zero attached hydrogens (tertiary/aromatic N) is 4. The third kappa shape index (κ3) is 3.09. The van der Waals surface area contributed by atoms with Crippen LogP contribution >= 0.6 is 0 Å². The number of hydrogen-bond acceptors (Lipinski definition) is 4. The molecule has 6 nitrogen and oxygen atoms in total. The van der Waals surface area contributed by atoms with Gasteiger partial charge in [0.1, 0.15) is 5.82 Å². The number of hydrogen-bond donors (Lipinski definition) is 1. The summed E-state index contributed by atoms with van der Waals surface area (Å²) in [7, 11) is 0. The van der Waals surface area contributed by atoms with Gasteiger partial charge in [0, 0.05) is 56.4 Å². The Hall–Kier alpha value is -2.34. The van der Waals surface area contributed by atoms with E-state index in [2.05, 4.69) is 62.0 Å². The van der Waals surface area contributed by atoms with E-state index in [0.29, 0.717) is 5.41 Å². The number of ether oxygens (including phenoxy) is 1. The third-order valence-electron chi connectivity index (χ3n) is 6.81. The van der Waals surface area contributed by atoms with E-state index in [0.717, 1.165) is 51.0 Å². The van der Waals surface area contributed by atoms with E-state index in [1.54, 1.807) is 0 Å². The van der Waals surface area contributed by atoms with Gasteiger partial charge < -0.3 is 14.6 Å². The lowest BCUT2D eigenvalue weighted by Gasteiger charge is -2.44. The van der Waals surface area contributed by atoms with Crippen LogP contribution in [0.5, 0.6) is 0 Å². The third-order valence-corrected chi connectivity index (χ3v) is 6.81. The van der Waals surface area contributed by atoms with E-state index in [-0.39, 0.29) is 0 Å². The van der Waals surface area contributed by atoms with Crippen LogP contribution in [0.2, 0.25) is 0 Å². The Balaban J connectivity index is 1.35. The first-order valence-corrected chi connectivity index (χ1v) is 10.6. The summed E-state index contributed by atoms with van der Waals surface area (Å²) in [4.78, 5) is 5.81. The first-order valence-electron chi connectivity index (χ1n) is 10.6. The fourth-order valence-electron chi connectivity index (χ4n) is 4.95. The minimum absolute atomic E-state index is 0.499. The van der Waals surface area contributed by atoms with Gasteiger partial charge in [-0.3, -0.25) is 4.57 Å². The number of nitrogens with one attached hydrogen (secondary N) is 1. The highest BCUT2D eigenvalue weighted by molar-refractivity contribution is 5.83. The Labute approximate surface area is 165 Å². The zero-order valence-corrected chi connectivity index (χ0v) is 16.7. The molecular weight excluding hydrogens is 350 g/mol. The van der Waals surface area contributed by atoms with Crippen LogP contribution in [-0.2, 0) is 17.7 Å². The Kier molecular flexibility index (Phi) is 4.59. The number of aromatic nitrogens is 4. The summed E-state index contributed by atoms with van der Waals surface area (Å²) in [5, 5.41) is 10.5. The first-order chi connectivity index (χ1) is 13.8. The van der Waals surface area contributed by atoms with Gasteiger partial charge in [-0.15, -0.1) is 10.2 Å². The highest BCUT2D eigenvalue weighted by atomic mass is 16.5. The molecular formula is C22H29N5O. The Bertz CT molecular complexity index is 943. The fraction of sp³-hybridized carbons (Fsp3) is 0.545. The van der Waals surface area contributed by atoms with Gasteiger partial charge in [-0.1, -0.05) is 18.2 Å². The maximum atomic E-state index is 5.59. The number of H-pyrrole nitrogens is 1. The topological polar surface area (TPSA) is 59.0 Å². The van der Waals surface area contributed by atoms with Crippen LogP contribution in [0.1, 0.15) is 44.0 Å². The SMILES string of the molecule is CCn1c(Cc2c[nH]c3ccccc23)nnc1N1CCC2(CCOCC2)CC1. The van der Waals surface area contributed by atoms with Crippen LogP contribution < -0.4 is 4.90 Å². The van der Waals surface area contributed by atoms with Crippen molar-refractivity contribution < 1.29 is 4.74 Å². The summed E-state index contributed by atoms with van der Waals surface area (Å²) in [6.45, 7) is 7.10. The number of fused-ring (bicyclic) bond motifs is 1. The minimum Gasteiger partial charge on any atom is -0.381 e. The number of anilines is 1. The highest BCUT2D eigenvalue weighted by Gasteiger charge is 2.37. The van der Waals surface area contributed by atoms with Gasteiger partial charge in [0.15, 0.2) is 0 Å². The normalized spacial score (nSPS) is 19.5. The van der Waals surface area contributed by atoms with E-state index >= 15 is 0 Å². The van der Waals surface area contributed by atoms with Crippen molar-refractivity contribution in [3.63, 3.8) is 0 Å². The molecule has 3 aromatic rings. The summed E-state index contributed by atoms with van der Waals surface area (Å²) in [5.74, 6) is 2.09. The second kappa shape index (κ2) is 7.24. The van der Waals surface area contributed by atoms with E-state index in [1.807, 2.05) is 0 Å². The van der Waals surface area contributed by atoms with Gasteiger partial charge in [-0.25, -0.2) is 0 Å². The van der Waals surface area contributed by atoms with Crippen molar-refractivity contribution in [1.29, 1.82) is 0 Å². The van der Waals surface area contributed by atoms with Gasteiger partial charge in [-0.2, -0.15) is 0 Å². The zero-order valence-electron chi connectivity index (χ0n) is 16.7. The average Bonchev–Trinajstić information content (AvgIpc) is 3.34. The number of rotatable bonds is 4. The fourth-order valence-corrected chi connectivity index (χ4v) is 4.95. The lowest BCUT2D eigenvalue weighted by atomic mass is 9.72. The summed E-state index contributed by atoms with van der Waals surface area (Å²) in [6, 6.07) is 8.45. The van der Waals surface area contributed by atoms with Gasteiger partial charge in [0.2, 0.25) is 5.95 Å². The Morgan fingerprint density at radius 3 is 2.64 bits per heavy atom. The molecule has 2 aliphatic heterocycles. The molecule has 0 aliphatic carbocycles. The monoisotopic (exact) mass is 379 g/mol. The molecule has 1 spiro atoms. The molecule has 2 aromatic heterocycles. The second-order valence-corrected chi connectivity index (χ2v) is 8.30. The van der Waals surface area contributed by atoms with Crippen LogP contribution in [-0.4, -0.2) is 46.1 Å². The highest BCUT2D eigenvalue weighted by Crippen LogP contribution is 2.41. The Morgan fingerprint density at radius 1 is 1.07 bits per heavy atom. The van der Waals surface area contributed by atoms with E-state index < -0.39 is 0 Å². The average molecular weight is 380 g/mol. The molecule has 0 atom stereocenters. The summed E-state index contributed by atoms with van der Waals surface area (Å²) >= 11 is 0. The second-order valence-electron chi connectivity index (χ2n) is 8.30. The largest absolute Gasteiger partial charge is 0.381 e. The van der Waals surface area contributed by atoms with E-state index in [9.17, 15) is 0 Å². The van der Waals surface area contributed by atoms with Crippen molar-refractivity contribution in [3.8, 4) is 0 Å². The standard InChI is InChI=1S/C22H29N5O/c1-2-27-20(15-17-16-23-19-6-4-3-5-18(17)19)24-25-21(27)26-11-7-22(8-12-26)9-13-28-14-10-22/h3-6,16,23H,2,7-15H2,1H3. The van der Waals surface area contributed by atoms with Crippen molar-refractivity contribution in [2.24, 2.45) is 5.41 Å². The molecule has 2 saturated heterocycles. The van der Waals surface area contributed by atoms with Crippen molar-refractivity contribution in [2.75, 3.05) is 31.2 Å². The summed E-state index contributed by atoms with van der Waals surface area (Å²) < 4.78 is 7.88. The number of para-hydroxylation sites is 1. The molecule has 1 aromatic carbocycles. The molecule has 6 heteroatoms. The molecule has 148 valence electrons. The molecule has 0 radical (unpaired) electrons. The van der Waals surface area contributed by atoms with Crippen molar-refractivity contribution >= 4 is 16.9 Å². The van der Waals surface area contributed by atoms with Crippen molar-refractivity contribution in [1.82, 2.24) is 19.7 Å². The molecule has 2 aliphatic rings. The summed E-state index contributed by atoms with van der Waals surface area (Å²) in [5.41, 5.74) is 2.96. The van der Waals surface area contributed by atoms with Crippen molar-refractivity contribution in [2.45, 2.75) is 45.6 Å². The van der Waals surface area contributed by atoms with Crippen LogP contribution in [0, 0.1) is 5.41 Å². The predicted molar refractivity (Wildman–Crippen MR) is 111 cm³/mol. The lowest BCUT2D eigenvalue weighted by Crippen LogP contribution is -2.43. The number of piperidine rings is 1. The maximum absolute atomic E-state index is 5.59. The van der Waals surface area contributed by atoms with Crippen LogP contribution in [0.4, 0.5) is 5.95 Å². The van der Waals surface area contributed by atoms with Gasteiger partial charge in [0.25, 0.3) is 0 Å². The zero-order chi connectivity index (χ0) is 19.0. The lowest BCUT2D eigenvalue weighted by molar-refractivity contribution is 0.00193. The van der Waals surface area contributed by atoms with Crippen LogP contribution in [0.15, 0.2) is 30.5 Å². The molecule has 5 rings (SSSR count). The number of aromatic amines is 1. The van der Waals surface area contributed by atoms with Gasteiger partial charge in [-0.05, 0) is 49.7 Å². The van der Waals surface area contributed by atoms with Crippen LogP contribution in [0.25, 0.3) is 10.9 Å². The predicted octanol–water partition coefficient (Wildman–Crippen LogP) is 3.77.